The third-order valence-corrected chi connectivity index (χ3v) is 3.58. The van der Waals surface area contributed by atoms with E-state index in [2.05, 4.69) is 5.32 Å². The van der Waals surface area contributed by atoms with Gasteiger partial charge in [0.25, 0.3) is 0 Å². The van der Waals surface area contributed by atoms with Crippen molar-refractivity contribution >= 4 is 12.0 Å². The lowest BCUT2D eigenvalue weighted by molar-refractivity contribution is -0.141. The first-order valence-electron chi connectivity index (χ1n) is 6.45. The Hall–Kier alpha value is -1.30. The molecule has 1 heterocycles. The number of urea groups is 1. The van der Waals surface area contributed by atoms with E-state index in [9.17, 15) is 14.7 Å². The molecule has 1 saturated heterocycles. The van der Waals surface area contributed by atoms with Crippen LogP contribution in [0, 0.1) is 5.92 Å². The Labute approximate surface area is 106 Å². The molecule has 6 heteroatoms. The molecule has 3 atom stereocenters. The number of aliphatic hydroxyl groups is 1. The van der Waals surface area contributed by atoms with Crippen molar-refractivity contribution in [3.8, 4) is 0 Å². The van der Waals surface area contributed by atoms with Crippen LogP contribution in [-0.2, 0) is 4.79 Å². The number of hydrogen-bond acceptors (Lipinski definition) is 3. The van der Waals surface area contributed by atoms with E-state index >= 15 is 0 Å². The molecular weight excluding hydrogens is 236 g/mol. The van der Waals surface area contributed by atoms with Gasteiger partial charge in [-0.25, -0.2) is 9.59 Å². The Balaban J connectivity index is 1.88. The van der Waals surface area contributed by atoms with E-state index in [-0.39, 0.29) is 25.0 Å². The predicted octanol–water partition coefficient (Wildman–Crippen LogP) is 0.404. The van der Waals surface area contributed by atoms with Crippen LogP contribution in [0.3, 0.4) is 0 Å². The third-order valence-electron chi connectivity index (χ3n) is 3.58. The van der Waals surface area contributed by atoms with Crippen LogP contribution in [-0.4, -0.2) is 51.8 Å². The minimum Gasteiger partial charge on any atom is -0.480 e. The van der Waals surface area contributed by atoms with Gasteiger partial charge in [-0.1, -0.05) is 12.8 Å². The van der Waals surface area contributed by atoms with Crippen LogP contribution in [0.4, 0.5) is 4.79 Å². The summed E-state index contributed by atoms with van der Waals surface area (Å²) in [5, 5.41) is 21.3. The number of hydrogen-bond donors (Lipinski definition) is 3. The number of carboxylic acids is 1. The molecule has 102 valence electrons. The van der Waals surface area contributed by atoms with Crippen LogP contribution in [0.25, 0.3) is 0 Å². The van der Waals surface area contributed by atoms with E-state index in [0.29, 0.717) is 5.92 Å². The molecule has 0 radical (unpaired) electrons. The molecule has 2 rings (SSSR count). The van der Waals surface area contributed by atoms with Crippen molar-refractivity contribution in [1.29, 1.82) is 0 Å². The van der Waals surface area contributed by atoms with E-state index in [1.807, 2.05) is 6.92 Å². The summed E-state index contributed by atoms with van der Waals surface area (Å²) < 4.78 is 0. The number of nitrogens with one attached hydrogen (secondary N) is 1. The number of rotatable bonds is 4. The summed E-state index contributed by atoms with van der Waals surface area (Å²) in [6.45, 7) is 2.03. The Morgan fingerprint density at radius 1 is 1.44 bits per heavy atom. The Bertz CT molecular complexity index is 343. The third kappa shape index (κ3) is 3.13. The van der Waals surface area contributed by atoms with Gasteiger partial charge < -0.3 is 20.4 Å². The number of likely N-dealkylation sites (tertiary alicyclic amines) is 1. The highest BCUT2D eigenvalue weighted by molar-refractivity contribution is 5.83. The second kappa shape index (κ2) is 5.14. The first kappa shape index (κ1) is 13.1. The van der Waals surface area contributed by atoms with Crippen LogP contribution in [0.1, 0.15) is 32.6 Å². The number of β-amino-alcohol motifs (C(OH)–C–C–N with tert-alkyl or cyclic N) is 1. The molecule has 0 bridgehead atoms. The van der Waals surface area contributed by atoms with Gasteiger partial charge in [0.2, 0.25) is 0 Å². The van der Waals surface area contributed by atoms with Crippen molar-refractivity contribution in [1.82, 2.24) is 10.2 Å². The minimum absolute atomic E-state index is 0.0530. The number of carbonyl (C=O) groups is 2. The average Bonchev–Trinajstić information content (AvgIpc) is 2.97. The lowest BCUT2D eigenvalue weighted by Gasteiger charge is -2.24. The Kier molecular flexibility index (Phi) is 3.75. The van der Waals surface area contributed by atoms with Crippen LogP contribution >= 0.6 is 0 Å². The molecule has 1 aliphatic heterocycles. The molecule has 1 saturated carbocycles. The number of aliphatic hydroxyl groups excluding tert-OH is 1. The molecule has 18 heavy (non-hydrogen) atoms. The summed E-state index contributed by atoms with van der Waals surface area (Å²) in [7, 11) is 0. The standard InChI is InChI=1S/C12H20N2O4/c1-7(4-8-2-3-8)13-12(18)14-6-9(15)5-10(14)11(16)17/h7-10,15H,2-6H2,1H3,(H,13,18)(H,16,17)/t7?,9?,10-/m0/s1. The second-order valence-electron chi connectivity index (χ2n) is 5.43. The summed E-state index contributed by atoms with van der Waals surface area (Å²) in [6, 6.07) is -1.24. The molecule has 6 nitrogen and oxygen atoms in total. The van der Waals surface area contributed by atoms with Crippen molar-refractivity contribution in [2.45, 2.75) is 50.8 Å². The monoisotopic (exact) mass is 256 g/mol. The van der Waals surface area contributed by atoms with Crippen molar-refractivity contribution in [3.63, 3.8) is 0 Å². The topological polar surface area (TPSA) is 89.9 Å². The molecule has 1 aliphatic carbocycles. The summed E-state index contributed by atoms with van der Waals surface area (Å²) >= 11 is 0. The number of amides is 2. The number of nitrogens with zero attached hydrogens (tertiary/aromatic N) is 1. The molecular formula is C12H20N2O4. The number of carbonyl (C=O) groups excluding carboxylic acids is 1. The molecule has 3 N–H and O–H groups in total. The Morgan fingerprint density at radius 2 is 2.11 bits per heavy atom. The highest BCUT2D eigenvalue weighted by Crippen LogP contribution is 2.33. The first-order chi connectivity index (χ1) is 8.47. The molecule has 2 fully saturated rings. The maximum absolute atomic E-state index is 12.0. The van der Waals surface area contributed by atoms with Gasteiger partial charge in [-0.2, -0.15) is 0 Å². The van der Waals surface area contributed by atoms with Crippen LogP contribution in [0.15, 0.2) is 0 Å². The summed E-state index contributed by atoms with van der Waals surface area (Å²) in [5.74, 6) is -0.351. The first-order valence-corrected chi connectivity index (χ1v) is 6.45. The zero-order valence-corrected chi connectivity index (χ0v) is 10.5. The van der Waals surface area contributed by atoms with Gasteiger partial charge in [0.1, 0.15) is 6.04 Å². The lowest BCUT2D eigenvalue weighted by Crippen LogP contribution is -2.48. The smallest absolute Gasteiger partial charge is 0.326 e. The second-order valence-corrected chi connectivity index (χ2v) is 5.43. The molecule has 0 aromatic heterocycles. The summed E-state index contributed by atoms with van der Waals surface area (Å²) in [5.41, 5.74) is 0. The summed E-state index contributed by atoms with van der Waals surface area (Å²) in [4.78, 5) is 24.2. The average molecular weight is 256 g/mol. The summed E-state index contributed by atoms with van der Waals surface area (Å²) in [6.07, 6.45) is 2.76. The van der Waals surface area contributed by atoms with Gasteiger partial charge in [-0.15, -0.1) is 0 Å². The van der Waals surface area contributed by atoms with E-state index < -0.39 is 18.1 Å². The SMILES string of the molecule is CC(CC1CC1)NC(=O)N1CC(O)C[C@H]1C(=O)O. The molecule has 0 aromatic rings. The normalized spacial score (nSPS) is 29.1. The van der Waals surface area contributed by atoms with Gasteiger partial charge in [-0.3, -0.25) is 0 Å². The van der Waals surface area contributed by atoms with Crippen molar-refractivity contribution in [2.24, 2.45) is 5.92 Å². The van der Waals surface area contributed by atoms with Crippen molar-refractivity contribution in [3.05, 3.63) is 0 Å². The van der Waals surface area contributed by atoms with Crippen LogP contribution < -0.4 is 5.32 Å². The highest BCUT2D eigenvalue weighted by atomic mass is 16.4. The van der Waals surface area contributed by atoms with E-state index in [1.165, 1.54) is 17.7 Å². The molecule has 2 unspecified atom stereocenters. The maximum atomic E-state index is 12.0. The van der Waals surface area contributed by atoms with E-state index in [4.69, 9.17) is 5.11 Å². The lowest BCUT2D eigenvalue weighted by atomic mass is 10.1. The number of aliphatic carboxylic acids is 1. The Morgan fingerprint density at radius 3 is 2.67 bits per heavy atom. The van der Waals surface area contributed by atoms with E-state index in [1.54, 1.807) is 0 Å². The predicted molar refractivity (Wildman–Crippen MR) is 64.1 cm³/mol. The fourth-order valence-electron chi connectivity index (χ4n) is 2.48. The minimum atomic E-state index is -1.06. The fraction of sp³-hybridized carbons (Fsp3) is 0.833. The van der Waals surface area contributed by atoms with Crippen LogP contribution in [0.5, 0.6) is 0 Å². The van der Waals surface area contributed by atoms with Gasteiger partial charge >= 0.3 is 12.0 Å². The van der Waals surface area contributed by atoms with Crippen molar-refractivity contribution in [2.75, 3.05) is 6.54 Å². The van der Waals surface area contributed by atoms with Gasteiger partial charge in [0.05, 0.1) is 6.10 Å². The molecule has 0 aromatic carbocycles. The quantitative estimate of drug-likeness (QED) is 0.679. The maximum Gasteiger partial charge on any atom is 0.326 e. The molecule has 0 spiro atoms. The van der Waals surface area contributed by atoms with Gasteiger partial charge in [-0.05, 0) is 19.3 Å². The highest BCUT2D eigenvalue weighted by Gasteiger charge is 2.39. The molecule has 2 aliphatic rings. The van der Waals surface area contributed by atoms with E-state index in [0.717, 1.165) is 6.42 Å². The van der Waals surface area contributed by atoms with Crippen molar-refractivity contribution < 1.29 is 19.8 Å². The van der Waals surface area contributed by atoms with Gasteiger partial charge in [0, 0.05) is 19.0 Å². The van der Waals surface area contributed by atoms with Gasteiger partial charge in [0.15, 0.2) is 0 Å². The zero-order valence-electron chi connectivity index (χ0n) is 10.5. The number of carboxylic acid groups (broad SMARTS) is 1. The molecule has 2 amide bonds. The fourth-order valence-corrected chi connectivity index (χ4v) is 2.48. The zero-order chi connectivity index (χ0) is 13.3. The largest absolute Gasteiger partial charge is 0.480 e. The van der Waals surface area contributed by atoms with Crippen LogP contribution in [0.2, 0.25) is 0 Å².